The zero-order chi connectivity index (χ0) is 18.7. The third-order valence-electron chi connectivity index (χ3n) is 4.82. The molecule has 2 heterocycles. The Balaban J connectivity index is 1.93. The van der Waals surface area contributed by atoms with E-state index in [1.807, 2.05) is 43.0 Å². The van der Waals surface area contributed by atoms with E-state index < -0.39 is 0 Å². The lowest BCUT2D eigenvalue weighted by molar-refractivity contribution is 0.0605. The van der Waals surface area contributed by atoms with Gasteiger partial charge in [-0.15, -0.1) is 0 Å². The van der Waals surface area contributed by atoms with E-state index in [9.17, 15) is 4.79 Å². The summed E-state index contributed by atoms with van der Waals surface area (Å²) in [5.74, 6) is 1.04. The van der Waals surface area contributed by atoms with E-state index in [-0.39, 0.29) is 23.8 Å². The van der Waals surface area contributed by atoms with Gasteiger partial charge in [0, 0.05) is 12.2 Å². The summed E-state index contributed by atoms with van der Waals surface area (Å²) in [5.41, 5.74) is 8.08. The maximum absolute atomic E-state index is 13.2. The minimum absolute atomic E-state index is 0.0186. The van der Waals surface area contributed by atoms with Gasteiger partial charge in [0.2, 0.25) is 5.95 Å². The number of nitrogen functional groups attached to an aromatic ring is 1. The summed E-state index contributed by atoms with van der Waals surface area (Å²) in [6.07, 6.45) is 3.01. The van der Waals surface area contributed by atoms with Crippen molar-refractivity contribution in [1.29, 1.82) is 0 Å². The molecule has 6 nitrogen and oxygen atoms in total. The number of hydrogen-bond donors (Lipinski definition) is 1. The molecule has 26 heavy (non-hydrogen) atoms. The van der Waals surface area contributed by atoms with Gasteiger partial charge in [0.05, 0.1) is 13.2 Å². The number of benzene rings is 1. The number of nitrogens with zero attached hydrogens (tertiary/aromatic N) is 3. The van der Waals surface area contributed by atoms with Gasteiger partial charge in [-0.1, -0.05) is 26.0 Å². The number of rotatable bonds is 4. The van der Waals surface area contributed by atoms with Crippen molar-refractivity contribution in [3.63, 3.8) is 0 Å². The second kappa shape index (κ2) is 7.72. The molecule has 138 valence electrons. The molecule has 0 radical (unpaired) electrons. The van der Waals surface area contributed by atoms with E-state index in [4.69, 9.17) is 10.5 Å². The van der Waals surface area contributed by atoms with Crippen molar-refractivity contribution in [2.75, 3.05) is 19.4 Å². The number of likely N-dealkylation sites (tertiary alicyclic amines) is 1. The van der Waals surface area contributed by atoms with Crippen LogP contribution in [0.25, 0.3) is 0 Å². The van der Waals surface area contributed by atoms with Gasteiger partial charge >= 0.3 is 0 Å². The smallest absolute Gasteiger partial charge is 0.273 e. The Kier molecular flexibility index (Phi) is 5.40. The van der Waals surface area contributed by atoms with E-state index in [2.05, 4.69) is 9.97 Å². The molecule has 1 saturated heterocycles. The fraction of sp³-hybridized carbons (Fsp3) is 0.450. The summed E-state index contributed by atoms with van der Waals surface area (Å²) in [5, 5.41) is 0. The van der Waals surface area contributed by atoms with Gasteiger partial charge < -0.3 is 15.4 Å². The van der Waals surface area contributed by atoms with Crippen LogP contribution >= 0.6 is 0 Å². The molecular weight excluding hydrogens is 328 g/mol. The Bertz CT molecular complexity index is 791. The highest BCUT2D eigenvalue weighted by Gasteiger charge is 2.30. The molecule has 0 aliphatic carbocycles. The minimum Gasteiger partial charge on any atom is -0.497 e. The van der Waals surface area contributed by atoms with Crippen molar-refractivity contribution in [1.82, 2.24) is 14.9 Å². The van der Waals surface area contributed by atoms with Crippen LogP contribution in [-0.4, -0.2) is 34.4 Å². The largest absolute Gasteiger partial charge is 0.497 e. The van der Waals surface area contributed by atoms with Crippen LogP contribution in [0, 0.1) is 0 Å². The van der Waals surface area contributed by atoms with Crippen LogP contribution in [0.4, 0.5) is 5.95 Å². The highest BCUT2D eigenvalue weighted by molar-refractivity contribution is 5.93. The topological polar surface area (TPSA) is 81.3 Å². The van der Waals surface area contributed by atoms with E-state index in [1.165, 1.54) is 0 Å². The lowest BCUT2D eigenvalue weighted by Gasteiger charge is -2.36. The molecule has 2 N–H and O–H groups in total. The fourth-order valence-corrected chi connectivity index (χ4v) is 3.41. The molecule has 1 aliphatic rings. The molecule has 2 aromatic rings. The first-order valence-electron chi connectivity index (χ1n) is 9.09. The Hall–Kier alpha value is -2.63. The van der Waals surface area contributed by atoms with Crippen molar-refractivity contribution in [2.24, 2.45) is 0 Å². The van der Waals surface area contributed by atoms with Crippen LogP contribution < -0.4 is 10.5 Å². The maximum atomic E-state index is 13.2. The standard InChI is InChI=1S/C20H26N4O2/c1-13(2)16-12-17(23-20(21)22-16)19(25)24-10-5-4-9-18(24)14-7-6-8-15(11-14)26-3/h6-8,11-13,18H,4-5,9-10H2,1-3H3,(H2,21,22,23)/t18-/m0/s1. The molecule has 0 saturated carbocycles. The molecule has 6 heteroatoms. The number of aromatic nitrogens is 2. The number of hydrogen-bond acceptors (Lipinski definition) is 5. The SMILES string of the molecule is COc1cccc([C@@H]2CCCCN2C(=O)c2cc(C(C)C)nc(N)n2)c1. The predicted octanol–water partition coefficient (Wildman–Crippen LogP) is 3.56. The number of ether oxygens (including phenoxy) is 1. The van der Waals surface area contributed by atoms with Crippen LogP contribution in [0.5, 0.6) is 5.75 Å². The number of nitrogens with two attached hydrogens (primary N) is 1. The van der Waals surface area contributed by atoms with Gasteiger partial charge in [0.1, 0.15) is 11.4 Å². The number of piperidine rings is 1. The second-order valence-corrected chi connectivity index (χ2v) is 6.98. The summed E-state index contributed by atoms with van der Waals surface area (Å²) in [6, 6.07) is 9.71. The Morgan fingerprint density at radius 3 is 2.81 bits per heavy atom. The zero-order valence-electron chi connectivity index (χ0n) is 15.6. The van der Waals surface area contributed by atoms with Crippen molar-refractivity contribution in [3.8, 4) is 5.75 Å². The first kappa shape index (κ1) is 18.2. The maximum Gasteiger partial charge on any atom is 0.273 e. The third-order valence-corrected chi connectivity index (χ3v) is 4.82. The highest BCUT2D eigenvalue weighted by Crippen LogP contribution is 2.33. The fourth-order valence-electron chi connectivity index (χ4n) is 3.41. The molecule has 1 aliphatic heterocycles. The molecule has 3 rings (SSSR count). The number of carbonyl (C=O) groups excluding carboxylic acids is 1. The summed E-state index contributed by atoms with van der Waals surface area (Å²) in [6.45, 7) is 4.76. The van der Waals surface area contributed by atoms with E-state index in [0.29, 0.717) is 12.2 Å². The van der Waals surface area contributed by atoms with Gasteiger partial charge in [0.25, 0.3) is 5.91 Å². The second-order valence-electron chi connectivity index (χ2n) is 6.98. The quantitative estimate of drug-likeness (QED) is 0.908. The van der Waals surface area contributed by atoms with E-state index in [1.54, 1.807) is 13.2 Å². The van der Waals surface area contributed by atoms with E-state index in [0.717, 1.165) is 36.3 Å². The Labute approximate surface area is 154 Å². The third kappa shape index (κ3) is 3.79. The van der Waals surface area contributed by atoms with Gasteiger partial charge in [0.15, 0.2) is 0 Å². The summed E-state index contributed by atoms with van der Waals surface area (Å²) >= 11 is 0. The first-order valence-corrected chi connectivity index (χ1v) is 9.09. The van der Waals surface area contributed by atoms with Crippen LogP contribution in [0.1, 0.15) is 66.8 Å². The van der Waals surface area contributed by atoms with Crippen molar-refractivity contribution in [3.05, 3.63) is 47.3 Å². The number of carbonyl (C=O) groups is 1. The Morgan fingerprint density at radius 2 is 2.08 bits per heavy atom. The van der Waals surface area contributed by atoms with Crippen molar-refractivity contribution in [2.45, 2.75) is 45.1 Å². The van der Waals surface area contributed by atoms with E-state index >= 15 is 0 Å². The molecule has 1 aromatic carbocycles. The monoisotopic (exact) mass is 354 g/mol. The van der Waals surface area contributed by atoms with Crippen molar-refractivity contribution < 1.29 is 9.53 Å². The molecule has 1 atom stereocenters. The lowest BCUT2D eigenvalue weighted by atomic mass is 9.94. The summed E-state index contributed by atoms with van der Waals surface area (Å²) < 4.78 is 5.34. The molecular formula is C20H26N4O2. The average Bonchev–Trinajstić information content (AvgIpc) is 2.67. The molecule has 1 aromatic heterocycles. The minimum atomic E-state index is -0.0893. The first-order chi connectivity index (χ1) is 12.5. The lowest BCUT2D eigenvalue weighted by Crippen LogP contribution is -2.39. The van der Waals surface area contributed by atoms with Gasteiger partial charge in [-0.2, -0.15) is 0 Å². The summed E-state index contributed by atoms with van der Waals surface area (Å²) in [4.78, 5) is 23.6. The number of amides is 1. The average molecular weight is 354 g/mol. The predicted molar refractivity (Wildman–Crippen MR) is 101 cm³/mol. The van der Waals surface area contributed by atoms with Gasteiger partial charge in [-0.3, -0.25) is 4.79 Å². The normalized spacial score (nSPS) is 17.4. The molecule has 0 spiro atoms. The zero-order valence-corrected chi connectivity index (χ0v) is 15.6. The number of anilines is 1. The molecule has 0 unspecified atom stereocenters. The van der Waals surface area contributed by atoms with Crippen LogP contribution in [0.15, 0.2) is 30.3 Å². The summed E-state index contributed by atoms with van der Waals surface area (Å²) in [7, 11) is 1.65. The van der Waals surface area contributed by atoms with Crippen LogP contribution in [-0.2, 0) is 0 Å². The molecule has 1 fully saturated rings. The molecule has 1 amide bonds. The molecule has 0 bridgehead atoms. The van der Waals surface area contributed by atoms with Crippen molar-refractivity contribution >= 4 is 11.9 Å². The number of methoxy groups -OCH3 is 1. The van der Waals surface area contributed by atoms with Crippen LogP contribution in [0.2, 0.25) is 0 Å². The highest BCUT2D eigenvalue weighted by atomic mass is 16.5. The Morgan fingerprint density at radius 1 is 1.27 bits per heavy atom. The van der Waals surface area contributed by atoms with Crippen LogP contribution in [0.3, 0.4) is 0 Å². The van der Waals surface area contributed by atoms with Gasteiger partial charge in [-0.25, -0.2) is 9.97 Å². The van der Waals surface area contributed by atoms with Gasteiger partial charge in [-0.05, 0) is 48.9 Å².